The van der Waals surface area contributed by atoms with Crippen molar-refractivity contribution >= 4 is 5.91 Å². The first-order valence-corrected chi connectivity index (χ1v) is 4.63. The van der Waals surface area contributed by atoms with E-state index in [0.717, 1.165) is 13.1 Å². The molecule has 1 aliphatic heterocycles. The van der Waals surface area contributed by atoms with Crippen molar-refractivity contribution in [3.8, 4) is 0 Å². The summed E-state index contributed by atoms with van der Waals surface area (Å²) in [6, 6.07) is 0.498. The summed E-state index contributed by atoms with van der Waals surface area (Å²) < 4.78 is 0. The number of carbonyl (C=O) groups is 1. The van der Waals surface area contributed by atoms with Gasteiger partial charge in [0.15, 0.2) is 0 Å². The average molecular weight is 186 g/mol. The molecule has 0 radical (unpaired) electrons. The summed E-state index contributed by atoms with van der Waals surface area (Å²) in [4.78, 5) is 15.3. The van der Waals surface area contributed by atoms with E-state index >= 15 is 0 Å². The number of carbonyl (C=O) groups excluding carboxylic acids is 1. The Kier molecular flexibility index (Phi) is 3.27. The second kappa shape index (κ2) is 4.07. The van der Waals surface area contributed by atoms with Crippen LogP contribution in [-0.2, 0) is 4.79 Å². The van der Waals surface area contributed by atoms with Crippen LogP contribution in [0.3, 0.4) is 0 Å². The minimum absolute atomic E-state index is 0.0631. The van der Waals surface area contributed by atoms with Crippen molar-refractivity contribution in [2.75, 3.05) is 27.2 Å². The summed E-state index contributed by atoms with van der Waals surface area (Å²) in [7, 11) is 4.03. The van der Waals surface area contributed by atoms with Crippen molar-refractivity contribution in [1.29, 1.82) is 0 Å². The number of nitrogens with zero attached hydrogens (tertiary/aromatic N) is 2. The Balaban J connectivity index is 2.23. The van der Waals surface area contributed by atoms with Gasteiger partial charge in [-0.25, -0.2) is 0 Å². The van der Waals surface area contributed by atoms with Crippen LogP contribution in [0.25, 0.3) is 0 Å². The molecule has 0 aliphatic carbocycles. The molecule has 1 heterocycles. The molecule has 0 bridgehead atoms. The Morgan fingerprint density at radius 1 is 1.62 bits per heavy atom. The van der Waals surface area contributed by atoms with Gasteiger partial charge in [0, 0.05) is 19.1 Å². The highest BCUT2D eigenvalue weighted by Crippen LogP contribution is 2.13. The average Bonchev–Trinajstić information content (AvgIpc) is 1.79. The molecule has 0 aromatic carbocycles. The minimum atomic E-state index is -0.522. The lowest BCUT2D eigenvalue weighted by atomic mass is 10.1. The molecule has 1 amide bonds. The largest absolute Gasteiger partial charge is 0.393 e. The molecule has 4 nitrogen and oxygen atoms in total. The van der Waals surface area contributed by atoms with Gasteiger partial charge in [-0.05, 0) is 21.0 Å². The third-order valence-corrected chi connectivity index (χ3v) is 2.42. The lowest BCUT2D eigenvalue weighted by molar-refractivity contribution is -0.139. The van der Waals surface area contributed by atoms with Gasteiger partial charge in [-0.15, -0.1) is 0 Å². The minimum Gasteiger partial charge on any atom is -0.393 e. The molecule has 1 aliphatic rings. The second-order valence-electron chi connectivity index (χ2n) is 3.97. The zero-order valence-electron chi connectivity index (χ0n) is 8.53. The van der Waals surface area contributed by atoms with Crippen LogP contribution in [0.15, 0.2) is 0 Å². The molecule has 0 aromatic heterocycles. The van der Waals surface area contributed by atoms with Crippen LogP contribution in [0.4, 0.5) is 0 Å². The van der Waals surface area contributed by atoms with Crippen LogP contribution in [0.1, 0.15) is 13.3 Å². The molecule has 1 rings (SSSR count). The summed E-state index contributed by atoms with van der Waals surface area (Å²) in [5.74, 6) is 0.0631. The summed E-state index contributed by atoms with van der Waals surface area (Å²) in [5, 5.41) is 9.01. The van der Waals surface area contributed by atoms with E-state index in [-0.39, 0.29) is 12.3 Å². The SMILES string of the molecule is CC(O)CC(=O)N1CC(N(C)C)C1. The van der Waals surface area contributed by atoms with Crippen molar-refractivity contribution in [3.05, 3.63) is 0 Å². The van der Waals surface area contributed by atoms with Gasteiger partial charge in [0.2, 0.25) is 5.91 Å². The molecule has 13 heavy (non-hydrogen) atoms. The van der Waals surface area contributed by atoms with Gasteiger partial charge in [0.25, 0.3) is 0 Å². The highest BCUT2D eigenvalue weighted by Gasteiger charge is 2.31. The molecular weight excluding hydrogens is 168 g/mol. The lowest BCUT2D eigenvalue weighted by Gasteiger charge is -2.43. The molecule has 1 saturated heterocycles. The maximum atomic E-state index is 11.4. The highest BCUT2D eigenvalue weighted by molar-refractivity contribution is 5.77. The second-order valence-corrected chi connectivity index (χ2v) is 3.97. The normalized spacial score (nSPS) is 20.2. The predicted molar refractivity (Wildman–Crippen MR) is 50.4 cm³/mol. The number of aliphatic hydroxyl groups excluding tert-OH is 1. The summed E-state index contributed by atoms with van der Waals surface area (Å²) in [6.45, 7) is 3.25. The Bertz CT molecular complexity index is 186. The molecule has 1 N–H and O–H groups in total. The Morgan fingerprint density at radius 2 is 2.15 bits per heavy atom. The van der Waals surface area contributed by atoms with Crippen molar-refractivity contribution in [1.82, 2.24) is 9.80 Å². The smallest absolute Gasteiger partial charge is 0.225 e. The summed E-state index contributed by atoms with van der Waals surface area (Å²) in [5.41, 5.74) is 0. The monoisotopic (exact) mass is 186 g/mol. The van der Waals surface area contributed by atoms with E-state index in [4.69, 9.17) is 5.11 Å². The molecule has 0 aromatic rings. The maximum absolute atomic E-state index is 11.4. The van der Waals surface area contributed by atoms with Crippen LogP contribution in [0.2, 0.25) is 0 Å². The van der Waals surface area contributed by atoms with Gasteiger partial charge in [0.05, 0.1) is 12.5 Å². The van der Waals surface area contributed by atoms with Crippen LogP contribution >= 0.6 is 0 Å². The Hall–Kier alpha value is -0.610. The Morgan fingerprint density at radius 3 is 2.54 bits per heavy atom. The van der Waals surface area contributed by atoms with Gasteiger partial charge in [0.1, 0.15) is 0 Å². The first kappa shape index (κ1) is 10.5. The van der Waals surface area contributed by atoms with E-state index in [1.807, 2.05) is 14.1 Å². The van der Waals surface area contributed by atoms with Crippen LogP contribution in [-0.4, -0.2) is 60.1 Å². The first-order valence-electron chi connectivity index (χ1n) is 4.63. The molecule has 76 valence electrons. The number of aliphatic hydroxyl groups is 1. The number of hydrogen-bond donors (Lipinski definition) is 1. The zero-order chi connectivity index (χ0) is 10.0. The maximum Gasteiger partial charge on any atom is 0.225 e. The molecule has 1 atom stereocenters. The van der Waals surface area contributed by atoms with E-state index in [1.165, 1.54) is 0 Å². The summed E-state index contributed by atoms with van der Waals surface area (Å²) >= 11 is 0. The van der Waals surface area contributed by atoms with Crippen molar-refractivity contribution in [3.63, 3.8) is 0 Å². The molecule has 1 unspecified atom stereocenters. The number of likely N-dealkylation sites (tertiary alicyclic amines) is 1. The zero-order valence-corrected chi connectivity index (χ0v) is 8.53. The quantitative estimate of drug-likeness (QED) is 0.648. The first-order chi connectivity index (χ1) is 6.00. The van der Waals surface area contributed by atoms with E-state index in [9.17, 15) is 4.79 Å². The molecule has 1 fully saturated rings. The van der Waals surface area contributed by atoms with E-state index in [2.05, 4.69) is 4.90 Å². The fourth-order valence-corrected chi connectivity index (χ4v) is 1.37. The van der Waals surface area contributed by atoms with Crippen molar-refractivity contribution < 1.29 is 9.90 Å². The third kappa shape index (κ3) is 2.67. The van der Waals surface area contributed by atoms with Gasteiger partial charge < -0.3 is 14.9 Å². The topological polar surface area (TPSA) is 43.8 Å². The molecular formula is C9H18N2O2. The van der Waals surface area contributed by atoms with E-state index in [1.54, 1.807) is 11.8 Å². The number of amides is 1. The fourth-order valence-electron chi connectivity index (χ4n) is 1.37. The van der Waals surface area contributed by atoms with E-state index in [0.29, 0.717) is 6.04 Å². The van der Waals surface area contributed by atoms with Crippen LogP contribution in [0.5, 0.6) is 0 Å². The molecule has 0 saturated carbocycles. The van der Waals surface area contributed by atoms with Crippen LogP contribution < -0.4 is 0 Å². The van der Waals surface area contributed by atoms with E-state index < -0.39 is 6.10 Å². The molecule has 0 spiro atoms. The van der Waals surface area contributed by atoms with Gasteiger partial charge in [-0.1, -0.05) is 0 Å². The standard InChI is InChI=1S/C9H18N2O2/c1-7(12)4-9(13)11-5-8(6-11)10(2)3/h7-8,12H,4-6H2,1-3H3. The van der Waals surface area contributed by atoms with Crippen LogP contribution in [0, 0.1) is 0 Å². The van der Waals surface area contributed by atoms with Gasteiger partial charge in [-0.3, -0.25) is 4.79 Å². The number of likely N-dealkylation sites (N-methyl/N-ethyl adjacent to an activating group) is 1. The predicted octanol–water partition coefficient (Wildman–Crippen LogP) is -0.470. The third-order valence-electron chi connectivity index (χ3n) is 2.42. The van der Waals surface area contributed by atoms with Crippen molar-refractivity contribution in [2.45, 2.75) is 25.5 Å². The van der Waals surface area contributed by atoms with Gasteiger partial charge in [-0.2, -0.15) is 0 Å². The number of hydrogen-bond acceptors (Lipinski definition) is 3. The highest BCUT2D eigenvalue weighted by atomic mass is 16.3. The van der Waals surface area contributed by atoms with Gasteiger partial charge >= 0.3 is 0 Å². The Labute approximate surface area is 79.1 Å². The summed E-state index contributed by atoms with van der Waals surface area (Å²) in [6.07, 6.45) is -0.272. The van der Waals surface area contributed by atoms with Crippen molar-refractivity contribution in [2.24, 2.45) is 0 Å². The number of rotatable bonds is 3. The molecule has 4 heteroatoms. The lowest BCUT2D eigenvalue weighted by Crippen LogP contribution is -2.59. The fraction of sp³-hybridized carbons (Fsp3) is 0.889.